The third-order valence-electron chi connectivity index (χ3n) is 14.6. The zero-order chi connectivity index (χ0) is 28.0. The topological polar surface area (TPSA) is 0 Å². The minimum absolute atomic E-state index is 0.133. The molecule has 4 heteroatoms. The molecule has 1 aromatic rings. The Hall–Kier alpha value is 0.660. The molecule has 0 bridgehead atoms. The summed E-state index contributed by atoms with van der Waals surface area (Å²) < 4.78 is -0.133. The van der Waals surface area contributed by atoms with E-state index in [1.165, 1.54) is 154 Å². The molecule has 1 unspecified atom stereocenters. The monoisotopic (exact) mass is 636 g/mol. The number of benzene rings is 1. The molecule has 41 heavy (non-hydrogen) atoms. The van der Waals surface area contributed by atoms with E-state index in [-0.39, 0.29) is 4.62 Å². The van der Waals surface area contributed by atoms with Gasteiger partial charge >= 0.3 is 264 Å². The van der Waals surface area contributed by atoms with Crippen LogP contribution in [-0.4, -0.2) is 32.9 Å². The van der Waals surface area contributed by atoms with E-state index in [4.69, 9.17) is 11.6 Å². The minimum atomic E-state index is -3.08. The second-order valence-electron chi connectivity index (χ2n) is 16.0. The van der Waals surface area contributed by atoms with Crippen molar-refractivity contribution in [3.63, 3.8) is 0 Å². The molecule has 0 radical (unpaired) electrons. The normalized spacial score (nSPS) is 29.9. The second kappa shape index (κ2) is 12.1. The van der Waals surface area contributed by atoms with E-state index in [2.05, 4.69) is 30.3 Å². The molecule has 6 fully saturated rings. The summed E-state index contributed by atoms with van der Waals surface area (Å²) in [5.41, 5.74) is 6.12. The van der Waals surface area contributed by atoms with Crippen LogP contribution in [0.1, 0.15) is 165 Å². The van der Waals surface area contributed by atoms with Crippen LogP contribution in [0.2, 0.25) is 0 Å². The van der Waals surface area contributed by atoms with Crippen molar-refractivity contribution >= 4 is 36.1 Å². The number of rotatable bonds is 9. The SMILES string of the molecule is ClC1(P(Cl)(C2CCCC2)(C2CCCC2)C(c2ccccc2)[PH](C2CCCC2)(C2CCCC2)C2CCCC2)CCCC1. The van der Waals surface area contributed by atoms with Gasteiger partial charge < -0.3 is 0 Å². The van der Waals surface area contributed by atoms with Crippen molar-refractivity contribution < 1.29 is 0 Å². The van der Waals surface area contributed by atoms with Gasteiger partial charge in [0.15, 0.2) is 0 Å². The van der Waals surface area contributed by atoms with Gasteiger partial charge in [-0.1, -0.05) is 0 Å². The summed E-state index contributed by atoms with van der Waals surface area (Å²) in [5, 5.41) is 0.646. The van der Waals surface area contributed by atoms with Crippen molar-refractivity contribution in [1.82, 2.24) is 0 Å². The Bertz CT molecular complexity index is 948. The maximum absolute atomic E-state index is 9.61. The molecule has 7 rings (SSSR count). The third kappa shape index (κ3) is 4.47. The van der Waals surface area contributed by atoms with Crippen molar-refractivity contribution in [2.45, 2.75) is 192 Å². The fourth-order valence-electron chi connectivity index (χ4n) is 13.5. The van der Waals surface area contributed by atoms with Gasteiger partial charge in [-0.05, 0) is 0 Å². The molecule has 0 amide bonds. The average molecular weight is 638 g/mol. The molecule has 232 valence electrons. The Morgan fingerprint density at radius 2 is 0.927 bits per heavy atom. The molecule has 0 saturated heterocycles. The van der Waals surface area contributed by atoms with Gasteiger partial charge in [0, 0.05) is 0 Å². The predicted molar refractivity (Wildman–Crippen MR) is 189 cm³/mol. The molecular weight excluding hydrogens is 577 g/mol. The summed E-state index contributed by atoms with van der Waals surface area (Å²) in [5.74, 6) is -3.08. The Morgan fingerprint density at radius 3 is 1.32 bits per heavy atom. The van der Waals surface area contributed by atoms with E-state index >= 15 is 0 Å². The van der Waals surface area contributed by atoms with Gasteiger partial charge in [0.2, 0.25) is 0 Å². The first-order valence-corrected chi connectivity index (χ1v) is 24.5. The molecule has 6 aliphatic rings. The van der Waals surface area contributed by atoms with Crippen LogP contribution in [0.3, 0.4) is 0 Å². The Kier molecular flexibility index (Phi) is 8.96. The van der Waals surface area contributed by atoms with E-state index < -0.39 is 13.2 Å². The molecule has 0 aliphatic heterocycles. The third-order valence-corrected chi connectivity index (χ3v) is 37.9. The molecule has 0 N–H and O–H groups in total. The molecule has 0 aromatic heterocycles. The molecule has 1 aromatic carbocycles. The van der Waals surface area contributed by atoms with Gasteiger partial charge in [-0.15, -0.1) is 0 Å². The van der Waals surface area contributed by atoms with Gasteiger partial charge in [0.05, 0.1) is 0 Å². The summed E-state index contributed by atoms with van der Waals surface area (Å²) in [7, 11) is -1.98. The first-order chi connectivity index (χ1) is 20.0. The van der Waals surface area contributed by atoms with Gasteiger partial charge in [0.1, 0.15) is 0 Å². The van der Waals surface area contributed by atoms with E-state index in [9.17, 15) is 11.2 Å². The second-order valence-corrected chi connectivity index (χ2v) is 30.0. The fourth-order valence-corrected chi connectivity index (χ4v) is 42.6. The number of alkyl halides is 1. The van der Waals surface area contributed by atoms with Crippen molar-refractivity contribution in [2.24, 2.45) is 0 Å². The molecular formula is C37H60Cl2P2. The summed E-state index contributed by atoms with van der Waals surface area (Å²) in [6.45, 7) is 0. The zero-order valence-corrected chi connectivity index (χ0v) is 29.4. The van der Waals surface area contributed by atoms with E-state index in [1.54, 1.807) is 5.56 Å². The quantitative estimate of drug-likeness (QED) is 0.187. The Morgan fingerprint density at radius 1 is 0.561 bits per heavy atom. The van der Waals surface area contributed by atoms with Crippen molar-refractivity contribution in [2.75, 3.05) is 0 Å². The fraction of sp³-hybridized carbons (Fsp3) is 0.838. The standard InChI is InChI=1S/C37H60Cl2P2/c38-37(28-14-15-29-37)41(39,34-24-10-11-25-34,35-26-12-13-27-35)36(30-16-2-1-3-17-30)40(31-18-4-5-19-31,32-20-6-7-21-32)33-22-8-9-23-33/h1-3,16-17,31-36,40H,4-15,18-29H2. The van der Waals surface area contributed by atoms with Gasteiger partial charge in [0.25, 0.3) is 0 Å². The average Bonchev–Trinajstić information content (AvgIpc) is 3.84. The van der Waals surface area contributed by atoms with Gasteiger partial charge in [-0.2, -0.15) is 0 Å². The van der Waals surface area contributed by atoms with Crippen LogP contribution >= 0.6 is 36.1 Å². The van der Waals surface area contributed by atoms with Crippen LogP contribution < -0.4 is 0 Å². The van der Waals surface area contributed by atoms with Crippen LogP contribution in [-0.2, 0) is 0 Å². The van der Waals surface area contributed by atoms with Gasteiger partial charge in [-0.3, -0.25) is 0 Å². The predicted octanol–water partition coefficient (Wildman–Crippen LogP) is 13.4. The Labute approximate surface area is 263 Å². The molecule has 0 spiro atoms. The van der Waals surface area contributed by atoms with Crippen LogP contribution in [0.15, 0.2) is 30.3 Å². The molecule has 0 nitrogen and oxygen atoms in total. The van der Waals surface area contributed by atoms with Crippen molar-refractivity contribution in [1.29, 1.82) is 0 Å². The Balaban J connectivity index is 1.60. The maximum atomic E-state index is 9.61. The molecule has 1 atom stereocenters. The van der Waals surface area contributed by atoms with Crippen LogP contribution in [0.25, 0.3) is 0 Å². The summed E-state index contributed by atoms with van der Waals surface area (Å²) in [4.78, 5) is 0. The first kappa shape index (κ1) is 30.3. The molecule has 6 saturated carbocycles. The summed E-state index contributed by atoms with van der Waals surface area (Å²) in [6, 6.07) is 12.4. The van der Waals surface area contributed by atoms with E-state index in [0.717, 1.165) is 17.0 Å². The molecule has 6 aliphatic carbocycles. The summed E-state index contributed by atoms with van der Waals surface area (Å²) >= 11 is 18.2. The summed E-state index contributed by atoms with van der Waals surface area (Å²) in [6.07, 6.45) is 34.3. The van der Waals surface area contributed by atoms with Gasteiger partial charge in [-0.25, -0.2) is 0 Å². The van der Waals surface area contributed by atoms with Crippen LogP contribution in [0.5, 0.6) is 0 Å². The molecule has 0 heterocycles. The van der Waals surface area contributed by atoms with E-state index in [1.807, 2.05) is 0 Å². The van der Waals surface area contributed by atoms with Crippen molar-refractivity contribution in [3.05, 3.63) is 35.9 Å². The number of halogens is 2. The number of hydrogen-bond donors (Lipinski definition) is 0. The van der Waals surface area contributed by atoms with E-state index in [0.29, 0.717) is 16.7 Å². The van der Waals surface area contributed by atoms with Crippen molar-refractivity contribution in [3.8, 4) is 0 Å². The van der Waals surface area contributed by atoms with Crippen LogP contribution in [0, 0.1) is 0 Å². The number of hydrogen-bond acceptors (Lipinski definition) is 0. The van der Waals surface area contributed by atoms with Crippen LogP contribution in [0.4, 0.5) is 0 Å². The first-order valence-electron chi connectivity index (χ1n) is 18.5. The zero-order valence-electron chi connectivity index (χ0n) is 26.0.